The molecule has 9 heteroatoms. The van der Waals surface area contributed by atoms with Crippen LogP contribution in [0, 0.1) is 10.1 Å². The van der Waals surface area contributed by atoms with E-state index in [2.05, 4.69) is 5.32 Å². The molecular weight excluding hydrogens is 474 g/mol. The summed E-state index contributed by atoms with van der Waals surface area (Å²) in [5.74, 6) is -1.17. The Labute approximate surface area is 210 Å². The molecule has 0 aliphatic carbocycles. The van der Waals surface area contributed by atoms with E-state index < -0.39 is 22.8 Å². The maximum absolute atomic E-state index is 13.3. The number of anilines is 1. The van der Waals surface area contributed by atoms with Crippen molar-refractivity contribution in [3.05, 3.63) is 118 Å². The minimum Gasteiger partial charge on any atom is -0.488 e. The monoisotopic (exact) mass is 493 g/mol. The van der Waals surface area contributed by atoms with Gasteiger partial charge in [-0.1, -0.05) is 48.5 Å². The average Bonchev–Trinajstić information content (AvgIpc) is 2.91. The molecule has 0 spiro atoms. The van der Waals surface area contributed by atoms with Crippen LogP contribution in [0.25, 0.3) is 16.8 Å². The van der Waals surface area contributed by atoms with Gasteiger partial charge < -0.3 is 4.74 Å². The van der Waals surface area contributed by atoms with Crippen molar-refractivity contribution in [3.63, 3.8) is 0 Å². The smallest absolute Gasteiger partial charge is 0.335 e. The second kappa shape index (κ2) is 9.74. The molecule has 0 bridgehead atoms. The van der Waals surface area contributed by atoms with Crippen LogP contribution >= 0.6 is 0 Å². The van der Waals surface area contributed by atoms with Gasteiger partial charge in [-0.05, 0) is 52.7 Å². The van der Waals surface area contributed by atoms with Crippen LogP contribution in [-0.4, -0.2) is 22.8 Å². The van der Waals surface area contributed by atoms with Gasteiger partial charge in [-0.3, -0.25) is 25.0 Å². The number of urea groups is 1. The van der Waals surface area contributed by atoms with E-state index in [1.165, 1.54) is 18.2 Å². The average molecular weight is 493 g/mol. The number of nitro benzene ring substituents is 1. The predicted octanol–water partition coefficient (Wildman–Crippen LogP) is 4.99. The van der Waals surface area contributed by atoms with Crippen molar-refractivity contribution in [3.8, 4) is 5.75 Å². The minimum atomic E-state index is -0.828. The Bertz CT molecular complexity index is 1580. The predicted molar refractivity (Wildman–Crippen MR) is 137 cm³/mol. The summed E-state index contributed by atoms with van der Waals surface area (Å²) < 4.78 is 6.04. The van der Waals surface area contributed by atoms with E-state index in [-0.39, 0.29) is 17.9 Å². The molecular formula is C28H19N3O6. The summed E-state index contributed by atoms with van der Waals surface area (Å²) in [5, 5.41) is 14.7. The molecule has 0 saturated carbocycles. The summed E-state index contributed by atoms with van der Waals surface area (Å²) in [6.45, 7) is 0.0985. The van der Waals surface area contributed by atoms with Crippen LogP contribution in [0.1, 0.15) is 11.1 Å². The van der Waals surface area contributed by atoms with Gasteiger partial charge in [-0.2, -0.15) is 0 Å². The van der Waals surface area contributed by atoms with E-state index in [0.717, 1.165) is 15.7 Å². The zero-order chi connectivity index (χ0) is 25.9. The van der Waals surface area contributed by atoms with E-state index in [1.807, 2.05) is 30.3 Å². The van der Waals surface area contributed by atoms with E-state index in [0.29, 0.717) is 22.6 Å². The Kier molecular flexibility index (Phi) is 6.17. The zero-order valence-corrected chi connectivity index (χ0v) is 19.3. The Morgan fingerprint density at radius 2 is 1.57 bits per heavy atom. The van der Waals surface area contributed by atoms with Gasteiger partial charge in [-0.15, -0.1) is 0 Å². The fourth-order valence-corrected chi connectivity index (χ4v) is 4.04. The molecule has 0 unspecified atom stereocenters. The van der Waals surface area contributed by atoms with E-state index in [4.69, 9.17) is 4.74 Å². The molecule has 37 heavy (non-hydrogen) atoms. The number of rotatable bonds is 6. The second-order valence-corrected chi connectivity index (χ2v) is 8.20. The molecule has 5 rings (SSSR count). The third kappa shape index (κ3) is 4.65. The van der Waals surface area contributed by atoms with Crippen LogP contribution in [-0.2, 0) is 16.2 Å². The molecule has 1 fully saturated rings. The lowest BCUT2D eigenvalue weighted by Gasteiger charge is -2.26. The molecule has 4 amide bonds. The lowest BCUT2D eigenvalue weighted by molar-refractivity contribution is -0.384. The van der Waals surface area contributed by atoms with Crippen molar-refractivity contribution in [2.75, 3.05) is 4.90 Å². The standard InChI is InChI=1S/C28H19N3O6/c32-26-24(27(33)30(28(34)29-26)20-7-2-1-3-8-20)16-23-22-9-5-4-6-19(22)12-15-25(23)37-17-18-10-13-21(14-11-18)31(35)36/h1-16H,17H2,(H,29,32,34)/b24-16+. The highest BCUT2D eigenvalue weighted by molar-refractivity contribution is 6.39. The summed E-state index contributed by atoms with van der Waals surface area (Å²) in [5.41, 5.74) is 1.26. The van der Waals surface area contributed by atoms with Crippen molar-refractivity contribution in [2.45, 2.75) is 6.61 Å². The van der Waals surface area contributed by atoms with Gasteiger partial charge in [0, 0.05) is 17.7 Å². The normalized spacial score (nSPS) is 14.6. The quantitative estimate of drug-likeness (QED) is 0.175. The fourth-order valence-electron chi connectivity index (χ4n) is 4.04. The van der Waals surface area contributed by atoms with E-state index in [1.54, 1.807) is 48.5 Å². The maximum atomic E-state index is 13.3. The minimum absolute atomic E-state index is 0.0285. The summed E-state index contributed by atoms with van der Waals surface area (Å²) in [7, 11) is 0. The van der Waals surface area contributed by atoms with E-state index >= 15 is 0 Å². The second-order valence-electron chi connectivity index (χ2n) is 8.20. The molecule has 4 aromatic carbocycles. The number of barbiturate groups is 1. The van der Waals surface area contributed by atoms with Crippen LogP contribution in [0.15, 0.2) is 96.6 Å². The van der Waals surface area contributed by atoms with Gasteiger partial charge >= 0.3 is 6.03 Å². The van der Waals surface area contributed by atoms with Crippen molar-refractivity contribution in [1.82, 2.24) is 5.32 Å². The van der Waals surface area contributed by atoms with Gasteiger partial charge in [-0.25, -0.2) is 9.69 Å². The molecule has 182 valence electrons. The number of carbonyl (C=O) groups excluding carboxylic acids is 3. The Balaban J connectivity index is 1.54. The highest BCUT2D eigenvalue weighted by atomic mass is 16.6. The third-order valence-electron chi connectivity index (χ3n) is 5.88. The Morgan fingerprint density at radius 1 is 0.865 bits per heavy atom. The first kappa shape index (κ1) is 23.4. The number of imide groups is 2. The molecule has 1 aliphatic heterocycles. The molecule has 4 aromatic rings. The number of para-hydroxylation sites is 1. The highest BCUT2D eigenvalue weighted by Gasteiger charge is 2.37. The van der Waals surface area contributed by atoms with E-state index in [9.17, 15) is 24.5 Å². The first-order valence-electron chi connectivity index (χ1n) is 11.3. The van der Waals surface area contributed by atoms with Gasteiger partial charge in [0.25, 0.3) is 17.5 Å². The third-order valence-corrected chi connectivity index (χ3v) is 5.88. The van der Waals surface area contributed by atoms with Crippen LogP contribution in [0.4, 0.5) is 16.2 Å². The number of benzene rings is 4. The molecule has 1 N–H and O–H groups in total. The number of ether oxygens (including phenoxy) is 1. The van der Waals surface area contributed by atoms with Crippen LogP contribution in [0.2, 0.25) is 0 Å². The number of carbonyl (C=O) groups is 3. The largest absolute Gasteiger partial charge is 0.488 e. The Hall–Kier alpha value is -5.31. The van der Waals surface area contributed by atoms with Crippen molar-refractivity contribution < 1.29 is 24.0 Å². The summed E-state index contributed by atoms with van der Waals surface area (Å²) in [6, 6.07) is 24.5. The van der Waals surface area contributed by atoms with Gasteiger partial charge in [0.1, 0.15) is 17.9 Å². The number of nitro groups is 1. The van der Waals surface area contributed by atoms with Crippen LogP contribution in [0.5, 0.6) is 5.75 Å². The summed E-state index contributed by atoms with van der Waals surface area (Å²) >= 11 is 0. The first-order chi connectivity index (χ1) is 17.9. The molecule has 0 atom stereocenters. The molecule has 1 heterocycles. The number of nitrogens with zero attached hydrogens (tertiary/aromatic N) is 2. The number of nitrogens with one attached hydrogen (secondary N) is 1. The lowest BCUT2D eigenvalue weighted by atomic mass is 9.99. The molecule has 9 nitrogen and oxygen atoms in total. The van der Waals surface area contributed by atoms with Gasteiger partial charge in [0.2, 0.25) is 0 Å². The molecule has 1 aliphatic rings. The fraction of sp³-hybridized carbons (Fsp3) is 0.0357. The lowest BCUT2D eigenvalue weighted by Crippen LogP contribution is -2.54. The van der Waals surface area contributed by atoms with Crippen LogP contribution in [0.3, 0.4) is 0 Å². The number of fused-ring (bicyclic) bond motifs is 1. The van der Waals surface area contributed by atoms with Gasteiger partial charge in [0.15, 0.2) is 0 Å². The molecule has 0 radical (unpaired) electrons. The van der Waals surface area contributed by atoms with Crippen molar-refractivity contribution in [2.24, 2.45) is 0 Å². The SMILES string of the molecule is O=C1NC(=O)N(c2ccccc2)C(=O)/C1=C/c1c(OCc2ccc([N+](=O)[O-])cc2)ccc2ccccc12. The number of amides is 4. The van der Waals surface area contributed by atoms with Crippen molar-refractivity contribution in [1.29, 1.82) is 0 Å². The number of non-ortho nitro benzene ring substituents is 1. The molecule has 1 saturated heterocycles. The number of hydrogen-bond acceptors (Lipinski definition) is 6. The summed E-state index contributed by atoms with van der Waals surface area (Å²) in [4.78, 5) is 50.0. The Morgan fingerprint density at radius 3 is 2.30 bits per heavy atom. The molecule has 0 aromatic heterocycles. The highest BCUT2D eigenvalue weighted by Crippen LogP contribution is 2.32. The zero-order valence-electron chi connectivity index (χ0n) is 19.3. The summed E-state index contributed by atoms with van der Waals surface area (Å²) in [6.07, 6.45) is 1.42. The maximum Gasteiger partial charge on any atom is 0.335 e. The van der Waals surface area contributed by atoms with Gasteiger partial charge in [0.05, 0.1) is 10.6 Å². The van der Waals surface area contributed by atoms with Crippen LogP contribution < -0.4 is 15.0 Å². The number of hydrogen-bond donors (Lipinski definition) is 1. The first-order valence-corrected chi connectivity index (χ1v) is 11.3. The van der Waals surface area contributed by atoms with Crippen molar-refractivity contribution >= 4 is 46.1 Å². The topological polar surface area (TPSA) is 119 Å².